The average Bonchev–Trinajstić information content (AvgIpc) is 2.76. The number of nitrogen functional groups attached to an aromatic ring is 1. The first-order chi connectivity index (χ1) is 8.70. The van der Waals surface area contributed by atoms with Crippen LogP contribution < -0.4 is 11.1 Å². The number of nitrogens with zero attached hydrogens (tertiary/aromatic N) is 4. The largest absolute Gasteiger partial charge is 0.367 e. The molecule has 3 saturated heterocycles. The Morgan fingerprint density at radius 1 is 1.50 bits per heavy atom. The Balaban J connectivity index is 1.55. The van der Waals surface area contributed by atoms with Gasteiger partial charge in [-0.05, 0) is 31.8 Å². The van der Waals surface area contributed by atoms with E-state index in [1.807, 2.05) is 0 Å². The highest BCUT2D eigenvalue weighted by atomic mass is 16.2. The molecule has 4 rings (SSSR count). The second-order valence-electron chi connectivity index (χ2n) is 5.11. The molecule has 1 unspecified atom stereocenters. The predicted octanol–water partition coefficient (Wildman–Crippen LogP) is -0.929. The zero-order valence-corrected chi connectivity index (χ0v) is 10.2. The highest BCUT2D eigenvalue weighted by molar-refractivity contribution is 5.76. The van der Waals surface area contributed by atoms with Crippen molar-refractivity contribution in [2.24, 2.45) is 5.92 Å². The first-order valence-electron chi connectivity index (χ1n) is 6.37. The van der Waals surface area contributed by atoms with Crippen LogP contribution in [-0.2, 0) is 11.3 Å². The van der Waals surface area contributed by atoms with Crippen LogP contribution in [0, 0.1) is 5.92 Å². The van der Waals surface area contributed by atoms with Gasteiger partial charge in [-0.2, -0.15) is 0 Å². The van der Waals surface area contributed by atoms with Crippen LogP contribution in [0.5, 0.6) is 0 Å². The zero-order valence-electron chi connectivity index (χ0n) is 10.2. The highest BCUT2D eigenvalue weighted by Gasteiger charge is 2.34. The number of aromatic nitrogens is 3. The molecule has 98 valence electrons. The molecule has 18 heavy (non-hydrogen) atoms. The molecule has 3 aliphatic heterocycles. The molecule has 0 spiro atoms. The van der Waals surface area contributed by atoms with E-state index in [4.69, 9.17) is 5.73 Å². The Morgan fingerprint density at radius 2 is 2.28 bits per heavy atom. The third-order valence-electron chi connectivity index (χ3n) is 3.86. The number of rotatable bonds is 3. The van der Waals surface area contributed by atoms with Crippen LogP contribution >= 0.6 is 0 Å². The van der Waals surface area contributed by atoms with Crippen molar-refractivity contribution in [1.82, 2.24) is 25.0 Å². The van der Waals surface area contributed by atoms with Gasteiger partial charge in [0.15, 0.2) is 0 Å². The molecule has 2 bridgehead atoms. The van der Waals surface area contributed by atoms with Gasteiger partial charge in [0.2, 0.25) is 11.9 Å². The molecule has 1 amide bonds. The maximum atomic E-state index is 11.9. The van der Waals surface area contributed by atoms with Crippen LogP contribution in [0.15, 0.2) is 6.33 Å². The molecule has 3 fully saturated rings. The first kappa shape index (κ1) is 11.5. The van der Waals surface area contributed by atoms with Crippen molar-refractivity contribution >= 4 is 11.9 Å². The first-order valence-corrected chi connectivity index (χ1v) is 6.37. The van der Waals surface area contributed by atoms with Crippen molar-refractivity contribution in [1.29, 1.82) is 0 Å². The molecular formula is C11H18N6O. The summed E-state index contributed by atoms with van der Waals surface area (Å²) in [5, 5.41) is 7.00. The number of anilines is 1. The minimum absolute atomic E-state index is 0.0151. The third-order valence-corrected chi connectivity index (χ3v) is 3.86. The Labute approximate surface area is 105 Å². The van der Waals surface area contributed by atoms with E-state index in [1.54, 1.807) is 0 Å². The number of piperidine rings is 3. The topological polar surface area (TPSA) is 89.1 Å². The standard InChI is InChI=1S/C11H18N6O/c12-11-13-7-17(15-11)6-10(18)14-9-5-16-3-1-8(9)2-4-16/h7-9H,1-6H2,(H2,12,15)(H,14,18). The highest BCUT2D eigenvalue weighted by Crippen LogP contribution is 2.27. The van der Waals surface area contributed by atoms with Crippen molar-refractivity contribution in [2.45, 2.75) is 25.4 Å². The summed E-state index contributed by atoms with van der Waals surface area (Å²) in [4.78, 5) is 18.1. The smallest absolute Gasteiger partial charge is 0.242 e. The summed E-state index contributed by atoms with van der Waals surface area (Å²) >= 11 is 0. The van der Waals surface area contributed by atoms with Crippen molar-refractivity contribution < 1.29 is 4.79 Å². The summed E-state index contributed by atoms with van der Waals surface area (Å²) in [5.74, 6) is 0.823. The Morgan fingerprint density at radius 3 is 2.83 bits per heavy atom. The van der Waals surface area contributed by atoms with Gasteiger partial charge in [0.05, 0.1) is 0 Å². The summed E-state index contributed by atoms with van der Waals surface area (Å²) in [6.45, 7) is 3.52. The van der Waals surface area contributed by atoms with E-state index in [0.29, 0.717) is 12.0 Å². The van der Waals surface area contributed by atoms with Crippen molar-refractivity contribution in [3.05, 3.63) is 6.33 Å². The summed E-state index contributed by atoms with van der Waals surface area (Å²) in [7, 11) is 0. The van der Waals surface area contributed by atoms with Crippen LogP contribution in [0.3, 0.4) is 0 Å². The molecule has 0 aliphatic carbocycles. The van der Waals surface area contributed by atoms with Gasteiger partial charge in [-0.1, -0.05) is 0 Å². The maximum Gasteiger partial charge on any atom is 0.242 e. The van der Waals surface area contributed by atoms with Gasteiger partial charge in [0, 0.05) is 12.6 Å². The average molecular weight is 250 g/mol. The maximum absolute atomic E-state index is 11.9. The number of nitrogens with two attached hydrogens (primary N) is 1. The number of carbonyl (C=O) groups is 1. The Bertz CT molecular complexity index is 436. The van der Waals surface area contributed by atoms with E-state index in [0.717, 1.165) is 6.54 Å². The fourth-order valence-electron chi connectivity index (χ4n) is 2.91. The van der Waals surface area contributed by atoms with E-state index in [1.165, 1.54) is 36.9 Å². The minimum Gasteiger partial charge on any atom is -0.367 e. The summed E-state index contributed by atoms with van der Waals surface area (Å²) in [5.41, 5.74) is 5.41. The van der Waals surface area contributed by atoms with E-state index in [2.05, 4.69) is 20.3 Å². The van der Waals surface area contributed by atoms with Crippen LogP contribution in [0.1, 0.15) is 12.8 Å². The molecule has 3 aliphatic rings. The number of carbonyl (C=O) groups excluding carboxylic acids is 1. The quantitative estimate of drug-likeness (QED) is 0.723. The zero-order chi connectivity index (χ0) is 12.5. The molecule has 7 nitrogen and oxygen atoms in total. The number of hydrogen-bond acceptors (Lipinski definition) is 5. The summed E-state index contributed by atoms with van der Waals surface area (Å²) in [6, 6.07) is 0.292. The third kappa shape index (κ3) is 2.31. The summed E-state index contributed by atoms with van der Waals surface area (Å²) in [6.07, 6.45) is 3.87. The van der Waals surface area contributed by atoms with Crippen molar-refractivity contribution in [3.63, 3.8) is 0 Å². The second-order valence-corrected chi connectivity index (χ2v) is 5.11. The summed E-state index contributed by atoms with van der Waals surface area (Å²) < 4.78 is 1.46. The Kier molecular flexibility index (Phi) is 2.91. The molecular weight excluding hydrogens is 232 g/mol. The van der Waals surface area contributed by atoms with Gasteiger partial charge in [0.1, 0.15) is 12.9 Å². The van der Waals surface area contributed by atoms with E-state index >= 15 is 0 Å². The lowest BCUT2D eigenvalue weighted by molar-refractivity contribution is -0.123. The molecule has 1 aromatic rings. The van der Waals surface area contributed by atoms with Crippen molar-refractivity contribution in [3.8, 4) is 0 Å². The Hall–Kier alpha value is -1.63. The monoisotopic (exact) mass is 250 g/mol. The lowest BCUT2D eigenvalue weighted by Gasteiger charge is -2.44. The second kappa shape index (κ2) is 4.56. The van der Waals surface area contributed by atoms with Gasteiger partial charge in [-0.25, -0.2) is 9.67 Å². The number of nitrogens with one attached hydrogen (secondary N) is 1. The molecule has 3 N–H and O–H groups in total. The molecule has 1 aromatic heterocycles. The molecule has 0 saturated carbocycles. The predicted molar refractivity (Wildman–Crippen MR) is 65.5 cm³/mol. The van der Waals surface area contributed by atoms with Crippen LogP contribution in [0.25, 0.3) is 0 Å². The molecule has 4 heterocycles. The lowest BCUT2D eigenvalue weighted by atomic mass is 9.84. The van der Waals surface area contributed by atoms with Gasteiger partial charge in [-0.15, -0.1) is 5.10 Å². The minimum atomic E-state index is -0.0151. The number of hydrogen-bond donors (Lipinski definition) is 2. The normalized spacial score (nSPS) is 30.3. The van der Waals surface area contributed by atoms with Crippen LogP contribution in [0.2, 0.25) is 0 Å². The molecule has 0 aromatic carbocycles. The fraction of sp³-hybridized carbons (Fsp3) is 0.727. The SMILES string of the molecule is Nc1ncn(CC(=O)NC2CN3CCC2CC3)n1. The van der Waals surface area contributed by atoms with Crippen LogP contribution in [0.4, 0.5) is 5.95 Å². The lowest BCUT2D eigenvalue weighted by Crippen LogP contribution is -2.57. The van der Waals surface area contributed by atoms with Gasteiger partial charge in [0.25, 0.3) is 0 Å². The van der Waals surface area contributed by atoms with Gasteiger partial charge >= 0.3 is 0 Å². The number of fused-ring (bicyclic) bond motifs is 3. The van der Waals surface area contributed by atoms with Gasteiger partial charge < -0.3 is 16.0 Å². The number of amides is 1. The van der Waals surface area contributed by atoms with E-state index in [9.17, 15) is 4.79 Å². The van der Waals surface area contributed by atoms with E-state index in [-0.39, 0.29) is 18.4 Å². The molecule has 0 radical (unpaired) electrons. The van der Waals surface area contributed by atoms with E-state index < -0.39 is 0 Å². The van der Waals surface area contributed by atoms with Gasteiger partial charge in [-0.3, -0.25) is 4.79 Å². The fourth-order valence-corrected chi connectivity index (χ4v) is 2.91. The molecule has 1 atom stereocenters. The van der Waals surface area contributed by atoms with Crippen LogP contribution in [-0.4, -0.2) is 51.2 Å². The molecule has 7 heteroatoms. The van der Waals surface area contributed by atoms with Crippen molar-refractivity contribution in [2.75, 3.05) is 25.4 Å².